The average Bonchev–Trinajstić information content (AvgIpc) is 3.47. The Morgan fingerprint density at radius 1 is 0.926 bits per heavy atom. The zero-order chi connectivity index (χ0) is 39.4. The van der Waals surface area contributed by atoms with Crippen molar-refractivity contribution in [3.63, 3.8) is 0 Å². The third kappa shape index (κ3) is 6.61. The van der Waals surface area contributed by atoms with Crippen LogP contribution in [-0.4, -0.2) is 22.5 Å². The molecule has 1 aliphatic carbocycles. The number of benzene rings is 4. The molecule has 0 unspecified atom stereocenters. The Morgan fingerprint density at radius 3 is 2.41 bits per heavy atom. The summed E-state index contributed by atoms with van der Waals surface area (Å²) in [5, 5.41) is 0. The van der Waals surface area contributed by atoms with E-state index in [0.717, 1.165) is 50.6 Å². The minimum Gasteiger partial charge on any atom is -0.512 e. The summed E-state index contributed by atoms with van der Waals surface area (Å²) >= 11 is 0. The van der Waals surface area contributed by atoms with E-state index in [9.17, 15) is 2.74 Å². The van der Waals surface area contributed by atoms with E-state index in [-0.39, 0.29) is 37.8 Å². The van der Waals surface area contributed by atoms with Crippen molar-refractivity contribution in [1.82, 2.24) is 4.98 Å². The van der Waals surface area contributed by atoms with E-state index in [1.54, 1.807) is 0 Å². The van der Waals surface area contributed by atoms with Gasteiger partial charge in [-0.2, -0.15) is 5.56 Å². The van der Waals surface area contributed by atoms with Gasteiger partial charge in [0.05, 0.1) is 6.04 Å². The zero-order valence-corrected chi connectivity index (χ0v) is 35.5. The van der Waals surface area contributed by atoms with Crippen molar-refractivity contribution in [1.29, 1.82) is 0 Å². The van der Waals surface area contributed by atoms with Gasteiger partial charge in [0.2, 0.25) is 0 Å². The first kappa shape index (κ1) is 35.5. The summed E-state index contributed by atoms with van der Waals surface area (Å²) in [7, 11) is 0. The fourth-order valence-electron chi connectivity index (χ4n) is 8.15. The SMILES string of the molecule is [2H]C1([2H])c2cc(C)cc(C)c2C[C@]2(C)OC(c3[c-]c(Oc4[c-]c(N5c6ccc(C(C)(C)C)cc6C(C)(C)c6cccnc65)cc(C)c4)cc(C(C)C)c3)=N[C@@H]12.[Pt+2]. The molecule has 8 rings (SSSR count). The first-order chi connectivity index (χ1) is 25.8. The summed E-state index contributed by atoms with van der Waals surface area (Å²) in [6.07, 6.45) is 0.730. The van der Waals surface area contributed by atoms with Crippen molar-refractivity contribution in [3.05, 3.63) is 141 Å². The molecular weight excluding hydrogens is 846 g/mol. The van der Waals surface area contributed by atoms with Crippen LogP contribution in [0.25, 0.3) is 0 Å². The molecule has 6 heteroatoms. The Bertz CT molecular complexity index is 2410. The minimum absolute atomic E-state index is 0. The maximum absolute atomic E-state index is 9.32. The minimum atomic E-state index is -1.70. The maximum atomic E-state index is 9.32. The molecule has 54 heavy (non-hydrogen) atoms. The van der Waals surface area contributed by atoms with Gasteiger partial charge in [0, 0.05) is 43.5 Å². The molecule has 0 amide bonds. The van der Waals surface area contributed by atoms with Gasteiger partial charge in [-0.05, 0) is 78.4 Å². The number of aliphatic imine (C=N–C) groups is 1. The Morgan fingerprint density at radius 2 is 1.67 bits per heavy atom. The third-order valence-corrected chi connectivity index (χ3v) is 11.2. The van der Waals surface area contributed by atoms with Gasteiger partial charge in [0.15, 0.2) is 0 Å². The van der Waals surface area contributed by atoms with Crippen LogP contribution < -0.4 is 9.64 Å². The Balaban J connectivity index is 0.00000480. The average molecular weight is 899 g/mol. The topological polar surface area (TPSA) is 47.0 Å². The van der Waals surface area contributed by atoms with E-state index in [0.29, 0.717) is 34.9 Å². The number of hydrogen-bond acceptors (Lipinski definition) is 5. The predicted molar refractivity (Wildman–Crippen MR) is 216 cm³/mol. The molecule has 5 nitrogen and oxygen atoms in total. The molecule has 0 fully saturated rings. The van der Waals surface area contributed by atoms with Crippen LogP contribution >= 0.6 is 0 Å². The van der Waals surface area contributed by atoms with Crippen LogP contribution in [-0.2, 0) is 49.4 Å². The number of nitrogens with zero attached hydrogens (tertiary/aromatic N) is 3. The van der Waals surface area contributed by atoms with Crippen LogP contribution in [0.4, 0.5) is 17.2 Å². The molecule has 280 valence electrons. The van der Waals surface area contributed by atoms with E-state index in [1.807, 2.05) is 50.4 Å². The van der Waals surface area contributed by atoms with E-state index in [2.05, 4.69) is 116 Å². The van der Waals surface area contributed by atoms with Crippen molar-refractivity contribution in [3.8, 4) is 11.5 Å². The van der Waals surface area contributed by atoms with Gasteiger partial charge >= 0.3 is 21.1 Å². The van der Waals surface area contributed by atoms with Crippen molar-refractivity contribution in [2.75, 3.05) is 4.90 Å². The number of fused-ring (bicyclic) bond motifs is 4. The van der Waals surface area contributed by atoms with E-state index in [4.69, 9.17) is 19.5 Å². The monoisotopic (exact) mass is 898 g/mol. The fourth-order valence-corrected chi connectivity index (χ4v) is 8.15. The van der Waals surface area contributed by atoms with Gasteiger partial charge in [-0.3, -0.25) is 4.99 Å². The van der Waals surface area contributed by atoms with E-state index in [1.165, 1.54) is 11.1 Å². The van der Waals surface area contributed by atoms with Gasteiger partial charge in [-0.15, -0.1) is 29.8 Å². The molecular formula is C48H51N3O2Pt. The van der Waals surface area contributed by atoms with Gasteiger partial charge in [0.25, 0.3) is 0 Å². The van der Waals surface area contributed by atoms with Gasteiger partial charge in [-0.25, -0.2) is 4.98 Å². The summed E-state index contributed by atoms with van der Waals surface area (Å²) in [6, 6.07) is 29.6. The quantitative estimate of drug-likeness (QED) is 0.165. The van der Waals surface area contributed by atoms with Gasteiger partial charge in [0.1, 0.15) is 17.3 Å². The van der Waals surface area contributed by atoms with Crippen molar-refractivity contribution in [2.45, 2.75) is 117 Å². The fraction of sp³-hybridized carbons (Fsp3) is 0.375. The Kier molecular flexibility index (Phi) is 8.88. The van der Waals surface area contributed by atoms with Crippen LogP contribution in [0.1, 0.15) is 120 Å². The predicted octanol–water partition coefficient (Wildman–Crippen LogP) is 11.6. The second-order valence-electron chi connectivity index (χ2n) is 17.4. The van der Waals surface area contributed by atoms with Crippen LogP contribution in [0.5, 0.6) is 11.5 Å². The van der Waals surface area contributed by atoms with E-state index >= 15 is 0 Å². The van der Waals surface area contributed by atoms with Crippen molar-refractivity contribution < 1.29 is 33.3 Å². The molecule has 0 radical (unpaired) electrons. The van der Waals surface area contributed by atoms with Gasteiger partial charge < -0.3 is 14.4 Å². The number of aryl methyl sites for hydroxylation is 3. The molecule has 2 atom stereocenters. The molecule has 0 saturated heterocycles. The first-order valence-electron chi connectivity index (χ1n) is 19.8. The summed E-state index contributed by atoms with van der Waals surface area (Å²) in [5.41, 5.74) is 11.0. The Labute approximate surface area is 339 Å². The molecule has 3 aliphatic rings. The molecule has 4 aromatic carbocycles. The van der Waals surface area contributed by atoms with Crippen LogP contribution in [0.3, 0.4) is 0 Å². The molecule has 1 aromatic heterocycles. The first-order valence-corrected chi connectivity index (χ1v) is 18.8. The third-order valence-electron chi connectivity index (χ3n) is 11.2. The normalized spacial score (nSPS) is 21.0. The number of pyridine rings is 1. The summed E-state index contributed by atoms with van der Waals surface area (Å²) in [4.78, 5) is 12.1. The van der Waals surface area contributed by atoms with E-state index < -0.39 is 18.0 Å². The molecule has 2 aliphatic heterocycles. The van der Waals surface area contributed by atoms with Gasteiger partial charge in [-0.1, -0.05) is 115 Å². The number of rotatable bonds is 5. The largest absolute Gasteiger partial charge is 2.00 e. The number of ether oxygens (including phenoxy) is 2. The van der Waals surface area contributed by atoms with Crippen LogP contribution in [0.2, 0.25) is 0 Å². The number of aromatic nitrogens is 1. The Hall–Kier alpha value is -4.21. The molecule has 0 spiro atoms. The second kappa shape index (κ2) is 13.5. The van der Waals surface area contributed by atoms with Crippen molar-refractivity contribution in [2.24, 2.45) is 4.99 Å². The maximum Gasteiger partial charge on any atom is 2.00 e. The van der Waals surface area contributed by atoms with Crippen LogP contribution in [0, 0.1) is 32.9 Å². The molecule has 0 bridgehead atoms. The molecule has 5 aromatic rings. The summed E-state index contributed by atoms with van der Waals surface area (Å²) < 4.78 is 32.0. The molecule has 3 heterocycles. The second-order valence-corrected chi connectivity index (χ2v) is 17.4. The molecule has 0 N–H and O–H groups in total. The van der Waals surface area contributed by atoms with Crippen molar-refractivity contribution >= 4 is 23.1 Å². The summed E-state index contributed by atoms with van der Waals surface area (Å²) in [6.45, 7) is 23.7. The summed E-state index contributed by atoms with van der Waals surface area (Å²) in [5.74, 6) is 2.53. The van der Waals surface area contributed by atoms with Crippen LogP contribution in [0.15, 0.2) is 77.9 Å². The number of hydrogen-bond donors (Lipinski definition) is 0. The zero-order valence-electron chi connectivity index (χ0n) is 35.3. The standard InChI is InChI=1S/C48H51N3O2.Pt/c1-28(2)32-21-34(45-50-43-24-33-18-29(3)17-31(5)39(33)27-48(43,11)53-45)23-38(22-32)52-37-20-30(4)19-36(26-37)51-42-15-14-35(46(6,7)8)25-41(42)47(9,10)40-13-12-16-49-44(40)51;/h12-22,25,28,43H,24,27H2,1-11H3;/q-2;+2/t43-,48-;/m0./s1/i24D2;. The number of anilines is 3. The smallest absolute Gasteiger partial charge is 0.512 e. The molecule has 0 saturated carbocycles.